The Bertz CT molecular complexity index is 635. The molecule has 2 aromatic rings. The second kappa shape index (κ2) is 5.49. The highest BCUT2D eigenvalue weighted by atomic mass is 16.4. The number of benzene rings is 1. The molecule has 20 heavy (non-hydrogen) atoms. The Morgan fingerprint density at radius 1 is 1.40 bits per heavy atom. The Labute approximate surface area is 118 Å². The number of aromatic nitrogens is 1. The summed E-state index contributed by atoms with van der Waals surface area (Å²) in [5.41, 5.74) is 1.89. The summed E-state index contributed by atoms with van der Waals surface area (Å²) in [5, 5.41) is 10.4. The van der Waals surface area contributed by atoms with E-state index in [9.17, 15) is 9.90 Å². The average molecular weight is 272 g/mol. The standard InChI is InChI=1S/C16H20N2O2/c1-16(2,3)10-18-14(15(19)20)8-11-9-17-13-7-5-4-6-12(11)13/h4-7,9-10,14,17H,8H2,1-3H3,(H,19,20)/t14-/m0/s1. The van der Waals surface area contributed by atoms with Crippen molar-refractivity contribution >= 4 is 23.1 Å². The number of rotatable bonds is 4. The number of carbonyl (C=O) groups is 1. The molecule has 2 rings (SSSR count). The van der Waals surface area contributed by atoms with E-state index in [1.165, 1.54) is 0 Å². The smallest absolute Gasteiger partial charge is 0.328 e. The number of fused-ring (bicyclic) bond motifs is 1. The van der Waals surface area contributed by atoms with Crippen LogP contribution in [0.4, 0.5) is 0 Å². The predicted molar refractivity (Wildman–Crippen MR) is 81.4 cm³/mol. The molecule has 0 saturated carbocycles. The topological polar surface area (TPSA) is 65.5 Å². The van der Waals surface area contributed by atoms with E-state index in [1.54, 1.807) is 6.21 Å². The van der Waals surface area contributed by atoms with Gasteiger partial charge in [0.2, 0.25) is 0 Å². The van der Waals surface area contributed by atoms with Crippen LogP contribution >= 0.6 is 0 Å². The van der Waals surface area contributed by atoms with Crippen LogP contribution in [-0.2, 0) is 11.2 Å². The molecule has 0 fully saturated rings. The molecule has 0 bridgehead atoms. The highest BCUT2D eigenvalue weighted by Crippen LogP contribution is 2.20. The van der Waals surface area contributed by atoms with Crippen LogP contribution in [0.1, 0.15) is 26.3 Å². The van der Waals surface area contributed by atoms with Gasteiger partial charge in [0, 0.05) is 29.7 Å². The summed E-state index contributed by atoms with van der Waals surface area (Å²) >= 11 is 0. The highest BCUT2D eigenvalue weighted by Gasteiger charge is 2.19. The summed E-state index contributed by atoms with van der Waals surface area (Å²) in [6.45, 7) is 6.00. The molecule has 0 aliphatic heterocycles. The maximum atomic E-state index is 11.4. The highest BCUT2D eigenvalue weighted by molar-refractivity contribution is 5.84. The average Bonchev–Trinajstić information content (AvgIpc) is 2.76. The SMILES string of the molecule is CC(C)(C)C=N[C@@H](Cc1c[nH]c2ccccc12)C(=O)O. The minimum atomic E-state index is -0.893. The van der Waals surface area contributed by atoms with Gasteiger partial charge in [-0.15, -0.1) is 0 Å². The van der Waals surface area contributed by atoms with Crippen LogP contribution in [0.2, 0.25) is 0 Å². The third-order valence-electron chi connectivity index (χ3n) is 3.02. The molecule has 0 saturated heterocycles. The van der Waals surface area contributed by atoms with Crippen LogP contribution in [0.5, 0.6) is 0 Å². The van der Waals surface area contributed by atoms with Gasteiger partial charge in [-0.1, -0.05) is 39.0 Å². The third-order valence-corrected chi connectivity index (χ3v) is 3.02. The number of aliphatic imine (C=N–C) groups is 1. The van der Waals surface area contributed by atoms with E-state index in [0.717, 1.165) is 16.5 Å². The van der Waals surface area contributed by atoms with Crippen LogP contribution in [-0.4, -0.2) is 28.3 Å². The van der Waals surface area contributed by atoms with Crippen LogP contribution in [0, 0.1) is 5.41 Å². The molecule has 1 atom stereocenters. The van der Waals surface area contributed by atoms with Crippen LogP contribution < -0.4 is 0 Å². The number of nitrogens with zero attached hydrogens (tertiary/aromatic N) is 1. The van der Waals surface area contributed by atoms with Crippen molar-refractivity contribution in [3.05, 3.63) is 36.0 Å². The molecule has 1 aromatic heterocycles. The molecule has 0 spiro atoms. The van der Waals surface area contributed by atoms with E-state index in [2.05, 4.69) is 9.98 Å². The summed E-state index contributed by atoms with van der Waals surface area (Å²) in [5.74, 6) is -0.893. The van der Waals surface area contributed by atoms with Gasteiger partial charge in [0.15, 0.2) is 6.04 Å². The van der Waals surface area contributed by atoms with Gasteiger partial charge in [-0.25, -0.2) is 4.79 Å². The molecule has 1 aromatic carbocycles. The Morgan fingerprint density at radius 3 is 2.75 bits per heavy atom. The number of para-hydroxylation sites is 1. The largest absolute Gasteiger partial charge is 0.480 e. The Morgan fingerprint density at radius 2 is 2.10 bits per heavy atom. The van der Waals surface area contributed by atoms with E-state index in [0.29, 0.717) is 6.42 Å². The number of aromatic amines is 1. The molecule has 106 valence electrons. The quantitative estimate of drug-likeness (QED) is 0.839. The summed E-state index contributed by atoms with van der Waals surface area (Å²) in [6, 6.07) is 7.14. The summed E-state index contributed by atoms with van der Waals surface area (Å²) in [6.07, 6.45) is 3.99. The van der Waals surface area contributed by atoms with Gasteiger partial charge in [0.05, 0.1) is 0 Å². The van der Waals surface area contributed by atoms with Crippen LogP contribution in [0.3, 0.4) is 0 Å². The number of hydrogen-bond donors (Lipinski definition) is 2. The molecule has 0 amide bonds. The van der Waals surface area contributed by atoms with Crippen molar-refractivity contribution in [3.8, 4) is 0 Å². The second-order valence-electron chi connectivity index (χ2n) is 6.06. The van der Waals surface area contributed by atoms with Crippen LogP contribution in [0.15, 0.2) is 35.5 Å². The lowest BCUT2D eigenvalue weighted by atomic mass is 9.98. The third kappa shape index (κ3) is 3.47. The van der Waals surface area contributed by atoms with Crippen molar-refractivity contribution in [3.63, 3.8) is 0 Å². The van der Waals surface area contributed by atoms with Gasteiger partial charge in [-0.2, -0.15) is 0 Å². The monoisotopic (exact) mass is 272 g/mol. The van der Waals surface area contributed by atoms with E-state index in [-0.39, 0.29) is 5.41 Å². The predicted octanol–water partition coefficient (Wildman–Crippen LogP) is 3.28. The van der Waals surface area contributed by atoms with Gasteiger partial charge in [0.25, 0.3) is 0 Å². The van der Waals surface area contributed by atoms with E-state index < -0.39 is 12.0 Å². The van der Waals surface area contributed by atoms with Gasteiger partial charge in [-0.05, 0) is 17.0 Å². The van der Waals surface area contributed by atoms with Crippen molar-refractivity contribution in [1.82, 2.24) is 4.98 Å². The molecule has 0 radical (unpaired) electrons. The molecule has 2 N–H and O–H groups in total. The number of nitrogens with one attached hydrogen (secondary N) is 1. The molecule has 0 aliphatic carbocycles. The fraction of sp³-hybridized carbons (Fsp3) is 0.375. The second-order valence-corrected chi connectivity index (χ2v) is 6.06. The lowest BCUT2D eigenvalue weighted by Crippen LogP contribution is -2.22. The molecular weight excluding hydrogens is 252 g/mol. The van der Waals surface area contributed by atoms with Crippen molar-refractivity contribution in [2.45, 2.75) is 33.2 Å². The first kappa shape index (κ1) is 14.3. The lowest BCUT2D eigenvalue weighted by molar-refractivity contribution is -0.138. The minimum Gasteiger partial charge on any atom is -0.480 e. The van der Waals surface area contributed by atoms with Gasteiger partial charge >= 0.3 is 5.97 Å². The Kier molecular flexibility index (Phi) is 3.93. The maximum absolute atomic E-state index is 11.4. The van der Waals surface area contributed by atoms with Gasteiger partial charge < -0.3 is 10.1 Å². The van der Waals surface area contributed by atoms with E-state index >= 15 is 0 Å². The van der Waals surface area contributed by atoms with Crippen molar-refractivity contribution in [2.75, 3.05) is 0 Å². The minimum absolute atomic E-state index is 0.117. The Balaban J connectivity index is 2.24. The van der Waals surface area contributed by atoms with Crippen molar-refractivity contribution in [2.24, 2.45) is 10.4 Å². The van der Waals surface area contributed by atoms with Gasteiger partial charge in [0.1, 0.15) is 0 Å². The maximum Gasteiger partial charge on any atom is 0.328 e. The number of H-pyrrole nitrogens is 1. The van der Waals surface area contributed by atoms with E-state index in [4.69, 9.17) is 0 Å². The summed E-state index contributed by atoms with van der Waals surface area (Å²) in [7, 11) is 0. The lowest BCUT2D eigenvalue weighted by Gasteiger charge is -2.13. The fourth-order valence-corrected chi connectivity index (χ4v) is 2.03. The normalized spacial score (nSPS) is 13.9. The molecule has 0 unspecified atom stereocenters. The first-order valence-electron chi connectivity index (χ1n) is 6.69. The zero-order valence-electron chi connectivity index (χ0n) is 12.1. The molecule has 0 aliphatic rings. The van der Waals surface area contributed by atoms with Crippen LogP contribution in [0.25, 0.3) is 10.9 Å². The van der Waals surface area contributed by atoms with Gasteiger partial charge in [-0.3, -0.25) is 4.99 Å². The molecule has 4 heteroatoms. The fourth-order valence-electron chi connectivity index (χ4n) is 2.03. The molecule has 1 heterocycles. The number of aliphatic carboxylic acids is 1. The summed E-state index contributed by atoms with van der Waals surface area (Å²) < 4.78 is 0. The summed E-state index contributed by atoms with van der Waals surface area (Å²) in [4.78, 5) is 18.8. The number of hydrogen-bond acceptors (Lipinski definition) is 2. The number of carboxylic acid groups (broad SMARTS) is 1. The first-order chi connectivity index (χ1) is 9.37. The Hall–Kier alpha value is -2.10. The number of carboxylic acids is 1. The first-order valence-corrected chi connectivity index (χ1v) is 6.69. The molecule has 4 nitrogen and oxygen atoms in total. The zero-order chi connectivity index (χ0) is 14.8. The van der Waals surface area contributed by atoms with Crippen molar-refractivity contribution in [1.29, 1.82) is 0 Å². The zero-order valence-corrected chi connectivity index (χ0v) is 12.1. The van der Waals surface area contributed by atoms with E-state index in [1.807, 2.05) is 51.2 Å². The molecular formula is C16H20N2O2. The van der Waals surface area contributed by atoms with Crippen molar-refractivity contribution < 1.29 is 9.90 Å².